The molecule has 0 saturated heterocycles. The molecule has 3 rings (SSSR count). The van der Waals surface area contributed by atoms with Crippen molar-refractivity contribution in [3.63, 3.8) is 0 Å². The normalized spacial score (nSPS) is 12.5. The number of rotatable bonds is 3. The van der Waals surface area contributed by atoms with E-state index >= 15 is 0 Å². The van der Waals surface area contributed by atoms with Crippen molar-refractivity contribution in [3.05, 3.63) is 58.5 Å². The van der Waals surface area contributed by atoms with Crippen LogP contribution in [0.4, 0.5) is 0 Å². The Bertz CT molecular complexity index is 694. The lowest BCUT2D eigenvalue weighted by atomic mass is 10.0. The lowest BCUT2D eigenvalue weighted by Gasteiger charge is -2.09. The molecule has 1 atom stereocenters. The average molecular weight is 271 g/mol. The smallest absolute Gasteiger partial charge is 0.131 e. The fourth-order valence-corrected chi connectivity index (χ4v) is 2.70. The summed E-state index contributed by atoms with van der Waals surface area (Å²) < 4.78 is 5.20. The Hall–Kier alpha value is -1.91. The minimum Gasteiger partial charge on any atom is -0.497 e. The van der Waals surface area contributed by atoms with Gasteiger partial charge in [0.05, 0.1) is 7.11 Å². The third kappa shape index (κ3) is 2.32. The highest BCUT2D eigenvalue weighted by molar-refractivity contribution is 7.09. The van der Waals surface area contributed by atoms with Crippen LogP contribution in [0.3, 0.4) is 0 Å². The van der Waals surface area contributed by atoms with Gasteiger partial charge in [0.1, 0.15) is 16.9 Å². The zero-order valence-corrected chi connectivity index (χ0v) is 11.2. The summed E-state index contributed by atoms with van der Waals surface area (Å²) in [7, 11) is 1.65. The molecule has 0 aliphatic carbocycles. The van der Waals surface area contributed by atoms with Gasteiger partial charge in [-0.1, -0.05) is 18.2 Å². The first-order chi connectivity index (χ1) is 9.28. The lowest BCUT2D eigenvalue weighted by Crippen LogP contribution is -1.98. The molecular weight excluding hydrogens is 258 g/mol. The molecule has 3 nitrogen and oxygen atoms in total. The SMILES string of the molecule is COc1ccc2cc(C(O)c3nccs3)ccc2c1. The molecule has 96 valence electrons. The number of fused-ring (bicyclic) bond motifs is 1. The largest absolute Gasteiger partial charge is 0.497 e. The maximum absolute atomic E-state index is 10.3. The Morgan fingerprint density at radius 2 is 1.95 bits per heavy atom. The van der Waals surface area contributed by atoms with E-state index in [0.29, 0.717) is 5.01 Å². The van der Waals surface area contributed by atoms with Crippen LogP contribution in [0.25, 0.3) is 10.8 Å². The first kappa shape index (κ1) is 12.1. The standard InChI is InChI=1S/C15H13NO2S/c1-18-13-5-4-10-8-12(3-2-11(10)9-13)14(17)15-16-6-7-19-15/h2-9,14,17H,1H3. The number of ether oxygens (including phenoxy) is 1. The van der Waals surface area contributed by atoms with E-state index in [9.17, 15) is 5.11 Å². The number of benzene rings is 2. The van der Waals surface area contributed by atoms with Gasteiger partial charge in [0.2, 0.25) is 0 Å². The summed E-state index contributed by atoms with van der Waals surface area (Å²) in [5.41, 5.74) is 0.854. The summed E-state index contributed by atoms with van der Waals surface area (Å²) in [5, 5.41) is 15.0. The number of aliphatic hydroxyl groups is 1. The lowest BCUT2D eigenvalue weighted by molar-refractivity contribution is 0.220. The first-order valence-electron chi connectivity index (χ1n) is 5.93. The van der Waals surface area contributed by atoms with Crippen molar-refractivity contribution >= 4 is 22.1 Å². The van der Waals surface area contributed by atoms with Crippen LogP contribution < -0.4 is 4.74 Å². The second kappa shape index (κ2) is 4.99. The van der Waals surface area contributed by atoms with Crippen molar-refractivity contribution in [3.8, 4) is 5.75 Å². The highest BCUT2D eigenvalue weighted by Gasteiger charge is 2.13. The van der Waals surface area contributed by atoms with Gasteiger partial charge in [-0.05, 0) is 34.5 Å². The Kier molecular flexibility index (Phi) is 3.19. The predicted molar refractivity (Wildman–Crippen MR) is 76.7 cm³/mol. The van der Waals surface area contributed by atoms with Gasteiger partial charge in [0.25, 0.3) is 0 Å². The molecule has 0 aliphatic heterocycles. The number of methoxy groups -OCH3 is 1. The topological polar surface area (TPSA) is 42.4 Å². The molecule has 19 heavy (non-hydrogen) atoms. The minimum absolute atomic E-state index is 0.661. The maximum Gasteiger partial charge on any atom is 0.131 e. The molecule has 1 N–H and O–H groups in total. The van der Waals surface area contributed by atoms with Crippen LogP contribution in [0.1, 0.15) is 16.7 Å². The second-order valence-corrected chi connectivity index (χ2v) is 5.17. The monoisotopic (exact) mass is 271 g/mol. The number of nitrogens with zero attached hydrogens (tertiary/aromatic N) is 1. The van der Waals surface area contributed by atoms with E-state index in [-0.39, 0.29) is 0 Å². The predicted octanol–water partition coefficient (Wildman–Crippen LogP) is 3.39. The summed E-state index contributed by atoms with van der Waals surface area (Å²) in [6, 6.07) is 11.8. The third-order valence-electron chi connectivity index (χ3n) is 3.07. The Balaban J connectivity index is 2.02. The van der Waals surface area contributed by atoms with Gasteiger partial charge in [-0.25, -0.2) is 4.98 Å². The van der Waals surface area contributed by atoms with Crippen LogP contribution in [-0.4, -0.2) is 17.2 Å². The second-order valence-electron chi connectivity index (χ2n) is 4.25. The van der Waals surface area contributed by atoms with E-state index in [1.165, 1.54) is 11.3 Å². The van der Waals surface area contributed by atoms with Crippen molar-refractivity contribution in [2.24, 2.45) is 0 Å². The van der Waals surface area contributed by atoms with Crippen molar-refractivity contribution < 1.29 is 9.84 Å². The zero-order valence-electron chi connectivity index (χ0n) is 10.4. The highest BCUT2D eigenvalue weighted by Crippen LogP contribution is 2.28. The molecule has 0 amide bonds. The van der Waals surface area contributed by atoms with Gasteiger partial charge in [0, 0.05) is 11.6 Å². The molecule has 0 bridgehead atoms. The molecule has 3 aromatic rings. The molecular formula is C15H13NO2S. The molecule has 0 spiro atoms. The summed E-state index contributed by atoms with van der Waals surface area (Å²) >= 11 is 1.46. The molecule has 0 saturated carbocycles. The van der Waals surface area contributed by atoms with Crippen LogP contribution in [0.5, 0.6) is 5.75 Å². The van der Waals surface area contributed by atoms with Crippen molar-refractivity contribution in [2.45, 2.75) is 6.10 Å². The summed E-state index contributed by atoms with van der Waals surface area (Å²) in [4.78, 5) is 4.15. The number of aliphatic hydroxyl groups excluding tert-OH is 1. The Labute approximate surface area is 115 Å². The fourth-order valence-electron chi connectivity index (χ4n) is 2.05. The van der Waals surface area contributed by atoms with E-state index in [4.69, 9.17) is 4.74 Å². The van der Waals surface area contributed by atoms with E-state index < -0.39 is 6.10 Å². The van der Waals surface area contributed by atoms with Crippen molar-refractivity contribution in [2.75, 3.05) is 7.11 Å². The quantitative estimate of drug-likeness (QED) is 0.794. The van der Waals surface area contributed by atoms with Crippen LogP contribution in [0.15, 0.2) is 48.0 Å². The van der Waals surface area contributed by atoms with Gasteiger partial charge in [-0.2, -0.15) is 0 Å². The van der Waals surface area contributed by atoms with Crippen LogP contribution in [0.2, 0.25) is 0 Å². The van der Waals surface area contributed by atoms with E-state index in [2.05, 4.69) is 4.98 Å². The molecule has 1 aromatic heterocycles. The van der Waals surface area contributed by atoms with Gasteiger partial charge in [-0.15, -0.1) is 11.3 Å². The van der Waals surface area contributed by atoms with E-state index in [0.717, 1.165) is 22.1 Å². The molecule has 1 unspecified atom stereocenters. The maximum atomic E-state index is 10.3. The molecule has 1 heterocycles. The number of aromatic nitrogens is 1. The summed E-state index contributed by atoms with van der Waals surface area (Å²) in [6.07, 6.45) is 1.04. The van der Waals surface area contributed by atoms with E-state index in [1.807, 2.05) is 41.8 Å². The number of thiazole rings is 1. The zero-order chi connectivity index (χ0) is 13.2. The minimum atomic E-state index is -0.661. The van der Waals surface area contributed by atoms with Gasteiger partial charge >= 0.3 is 0 Å². The molecule has 4 heteroatoms. The highest BCUT2D eigenvalue weighted by atomic mass is 32.1. The van der Waals surface area contributed by atoms with Gasteiger partial charge in [-0.3, -0.25) is 0 Å². The summed E-state index contributed by atoms with van der Waals surface area (Å²) in [5.74, 6) is 0.834. The van der Waals surface area contributed by atoms with Crippen LogP contribution >= 0.6 is 11.3 Å². The molecule has 0 fully saturated rings. The molecule has 0 radical (unpaired) electrons. The first-order valence-corrected chi connectivity index (χ1v) is 6.81. The van der Waals surface area contributed by atoms with Gasteiger partial charge in [0.15, 0.2) is 0 Å². The van der Waals surface area contributed by atoms with Crippen LogP contribution in [0, 0.1) is 0 Å². The Morgan fingerprint density at radius 3 is 2.68 bits per heavy atom. The average Bonchev–Trinajstić information content (AvgIpc) is 2.99. The van der Waals surface area contributed by atoms with Crippen molar-refractivity contribution in [1.82, 2.24) is 4.98 Å². The van der Waals surface area contributed by atoms with Gasteiger partial charge < -0.3 is 9.84 Å². The van der Waals surface area contributed by atoms with Crippen molar-refractivity contribution in [1.29, 1.82) is 0 Å². The number of hydrogen-bond acceptors (Lipinski definition) is 4. The Morgan fingerprint density at radius 1 is 1.16 bits per heavy atom. The fraction of sp³-hybridized carbons (Fsp3) is 0.133. The van der Waals surface area contributed by atoms with Crippen LogP contribution in [-0.2, 0) is 0 Å². The van der Waals surface area contributed by atoms with E-state index in [1.54, 1.807) is 13.3 Å². The third-order valence-corrected chi connectivity index (χ3v) is 3.90. The molecule has 0 aliphatic rings. The summed E-state index contributed by atoms with van der Waals surface area (Å²) in [6.45, 7) is 0. The number of hydrogen-bond donors (Lipinski definition) is 1. The molecule has 2 aromatic carbocycles.